The Morgan fingerprint density at radius 3 is 2.03 bits per heavy atom. The van der Waals surface area contributed by atoms with E-state index in [1.807, 2.05) is 0 Å². The molecule has 0 bridgehead atoms. The van der Waals surface area contributed by atoms with E-state index in [0.717, 1.165) is 0 Å². The summed E-state index contributed by atoms with van der Waals surface area (Å²) in [4.78, 5) is 13.1. The highest BCUT2D eigenvalue weighted by molar-refractivity contribution is 5.96. The molecule has 2 atom stereocenters. The summed E-state index contributed by atoms with van der Waals surface area (Å²) in [7, 11) is 0. The van der Waals surface area contributed by atoms with Gasteiger partial charge in [-0.1, -0.05) is 30.3 Å². The zero-order chi connectivity index (χ0) is 24.0. The highest BCUT2D eigenvalue weighted by atomic mass is 19.1. The summed E-state index contributed by atoms with van der Waals surface area (Å²) in [5.41, 5.74) is 13.3. The Hall–Kier alpha value is -3.20. The molecule has 33 heavy (non-hydrogen) atoms. The van der Waals surface area contributed by atoms with Crippen LogP contribution in [0.15, 0.2) is 66.7 Å². The standard InChI is InChI=1S/C25H26F3N3O2/c26-17-6-1-4-15(12-17)23(16-5-2-7-18(27)13-16)24(30)25(33)31-22-9-3-8-21(28)20(22)11-10-19(29)14-32/h1-9,12-13,19,23-24,32H,10-11,14,29-30H2,(H,31,33)/t19-,24-/m0/s1. The highest BCUT2D eigenvalue weighted by Gasteiger charge is 2.29. The van der Waals surface area contributed by atoms with Crippen molar-refractivity contribution in [2.24, 2.45) is 11.5 Å². The molecule has 8 heteroatoms. The van der Waals surface area contributed by atoms with Crippen molar-refractivity contribution in [3.05, 3.63) is 101 Å². The summed E-state index contributed by atoms with van der Waals surface area (Å²) < 4.78 is 42.3. The van der Waals surface area contributed by atoms with Crippen LogP contribution >= 0.6 is 0 Å². The lowest BCUT2D eigenvalue weighted by Gasteiger charge is -2.25. The molecular weight excluding hydrogens is 431 g/mol. The summed E-state index contributed by atoms with van der Waals surface area (Å²) >= 11 is 0. The number of anilines is 1. The Morgan fingerprint density at radius 1 is 0.909 bits per heavy atom. The molecule has 0 heterocycles. The Morgan fingerprint density at radius 2 is 1.48 bits per heavy atom. The van der Waals surface area contributed by atoms with Gasteiger partial charge in [-0.2, -0.15) is 0 Å². The Bertz CT molecular complexity index is 1060. The van der Waals surface area contributed by atoms with Gasteiger partial charge >= 0.3 is 0 Å². The van der Waals surface area contributed by atoms with Crippen molar-refractivity contribution in [2.45, 2.75) is 30.8 Å². The molecule has 1 amide bonds. The molecule has 3 aromatic carbocycles. The van der Waals surface area contributed by atoms with Crippen molar-refractivity contribution in [3.8, 4) is 0 Å². The van der Waals surface area contributed by atoms with Crippen LogP contribution in [0.4, 0.5) is 18.9 Å². The molecule has 0 aliphatic carbocycles. The fourth-order valence-electron chi connectivity index (χ4n) is 3.73. The number of amides is 1. The van der Waals surface area contributed by atoms with Gasteiger partial charge in [0, 0.05) is 23.2 Å². The third kappa shape index (κ3) is 6.19. The van der Waals surface area contributed by atoms with E-state index in [0.29, 0.717) is 17.5 Å². The first-order valence-corrected chi connectivity index (χ1v) is 10.5. The predicted octanol–water partition coefficient (Wildman–Crippen LogP) is 3.45. The first-order valence-electron chi connectivity index (χ1n) is 10.5. The molecule has 0 saturated heterocycles. The number of carbonyl (C=O) groups is 1. The molecule has 0 aromatic heterocycles. The van der Waals surface area contributed by atoms with E-state index in [1.165, 1.54) is 54.6 Å². The SMILES string of the molecule is N[C@H](CO)CCc1c(F)cccc1NC(=O)[C@@H](N)C(c1cccc(F)c1)c1cccc(F)c1. The monoisotopic (exact) mass is 457 g/mol. The fourth-order valence-corrected chi connectivity index (χ4v) is 3.73. The van der Waals surface area contributed by atoms with E-state index in [2.05, 4.69) is 5.32 Å². The van der Waals surface area contributed by atoms with Crippen LogP contribution in [0, 0.1) is 17.5 Å². The maximum absolute atomic E-state index is 14.5. The van der Waals surface area contributed by atoms with Crippen LogP contribution in [0.2, 0.25) is 0 Å². The minimum absolute atomic E-state index is 0.191. The third-order valence-corrected chi connectivity index (χ3v) is 5.45. The molecule has 0 unspecified atom stereocenters. The maximum Gasteiger partial charge on any atom is 0.242 e. The molecule has 0 saturated carbocycles. The molecule has 0 aliphatic rings. The van der Waals surface area contributed by atoms with Gasteiger partial charge in [-0.3, -0.25) is 4.79 Å². The van der Waals surface area contributed by atoms with E-state index in [4.69, 9.17) is 16.6 Å². The third-order valence-electron chi connectivity index (χ3n) is 5.45. The van der Waals surface area contributed by atoms with Crippen LogP contribution in [0.5, 0.6) is 0 Å². The second kappa shape index (κ2) is 11.1. The van der Waals surface area contributed by atoms with Gasteiger partial charge in [0.05, 0.1) is 12.6 Å². The minimum atomic E-state index is -1.23. The van der Waals surface area contributed by atoms with Gasteiger partial charge in [0.1, 0.15) is 17.5 Å². The number of hydrogen-bond donors (Lipinski definition) is 4. The van der Waals surface area contributed by atoms with Crippen molar-refractivity contribution in [2.75, 3.05) is 11.9 Å². The van der Waals surface area contributed by atoms with Gasteiger partial charge in [0.15, 0.2) is 0 Å². The van der Waals surface area contributed by atoms with Gasteiger partial charge < -0.3 is 21.9 Å². The zero-order valence-corrected chi connectivity index (χ0v) is 17.8. The molecule has 5 nitrogen and oxygen atoms in total. The molecule has 174 valence electrons. The zero-order valence-electron chi connectivity index (χ0n) is 17.8. The Kier molecular flexibility index (Phi) is 8.21. The van der Waals surface area contributed by atoms with Crippen LogP contribution in [0.3, 0.4) is 0 Å². The number of benzene rings is 3. The second-order valence-electron chi connectivity index (χ2n) is 7.85. The molecular formula is C25H26F3N3O2. The quantitative estimate of drug-likeness (QED) is 0.395. The van der Waals surface area contributed by atoms with Crippen molar-refractivity contribution in [3.63, 3.8) is 0 Å². The number of halogens is 3. The van der Waals surface area contributed by atoms with Crippen LogP contribution in [-0.2, 0) is 11.2 Å². The number of rotatable bonds is 9. The lowest BCUT2D eigenvalue weighted by Crippen LogP contribution is -2.41. The second-order valence-corrected chi connectivity index (χ2v) is 7.85. The number of aliphatic hydroxyl groups is 1. The van der Waals surface area contributed by atoms with E-state index in [9.17, 15) is 18.0 Å². The molecule has 0 fully saturated rings. The molecule has 6 N–H and O–H groups in total. The maximum atomic E-state index is 14.5. The molecule has 0 aliphatic heterocycles. The van der Waals surface area contributed by atoms with Crippen LogP contribution in [0.25, 0.3) is 0 Å². The van der Waals surface area contributed by atoms with Crippen LogP contribution < -0.4 is 16.8 Å². The summed E-state index contributed by atoms with van der Waals surface area (Å²) in [6.07, 6.45) is 0.498. The number of nitrogens with one attached hydrogen (secondary N) is 1. The topological polar surface area (TPSA) is 101 Å². The summed E-state index contributed by atoms with van der Waals surface area (Å²) in [5.74, 6) is -3.07. The Balaban J connectivity index is 1.91. The normalized spacial score (nSPS) is 13.1. The molecule has 0 spiro atoms. The van der Waals surface area contributed by atoms with Crippen molar-refractivity contribution >= 4 is 11.6 Å². The van der Waals surface area contributed by atoms with E-state index >= 15 is 0 Å². The molecule has 3 aromatic rings. The fraction of sp³-hybridized carbons (Fsp3) is 0.240. The van der Waals surface area contributed by atoms with E-state index < -0.39 is 41.4 Å². The molecule has 3 rings (SSSR count). The molecule has 0 radical (unpaired) electrons. The van der Waals surface area contributed by atoms with Gasteiger partial charge in [-0.25, -0.2) is 13.2 Å². The largest absolute Gasteiger partial charge is 0.395 e. The smallest absolute Gasteiger partial charge is 0.242 e. The highest BCUT2D eigenvalue weighted by Crippen LogP contribution is 2.30. The van der Waals surface area contributed by atoms with Gasteiger partial charge in [-0.15, -0.1) is 0 Å². The van der Waals surface area contributed by atoms with Gasteiger partial charge in [0.25, 0.3) is 0 Å². The first-order chi connectivity index (χ1) is 15.8. The van der Waals surface area contributed by atoms with Crippen molar-refractivity contribution < 1.29 is 23.1 Å². The van der Waals surface area contributed by atoms with Crippen LogP contribution in [-0.4, -0.2) is 29.7 Å². The number of aliphatic hydroxyl groups excluding tert-OH is 1. The lowest BCUT2D eigenvalue weighted by atomic mass is 9.84. The van der Waals surface area contributed by atoms with Gasteiger partial charge in [0.2, 0.25) is 5.91 Å². The summed E-state index contributed by atoms with van der Waals surface area (Å²) in [5, 5.41) is 11.8. The van der Waals surface area contributed by atoms with Crippen LogP contribution in [0.1, 0.15) is 29.0 Å². The average molecular weight is 457 g/mol. The van der Waals surface area contributed by atoms with Crippen molar-refractivity contribution in [1.29, 1.82) is 0 Å². The minimum Gasteiger partial charge on any atom is -0.395 e. The number of hydrogen-bond acceptors (Lipinski definition) is 4. The van der Waals surface area contributed by atoms with E-state index in [-0.39, 0.29) is 24.3 Å². The summed E-state index contributed by atoms with van der Waals surface area (Å²) in [6, 6.07) is 13.7. The predicted molar refractivity (Wildman–Crippen MR) is 121 cm³/mol. The number of carbonyl (C=O) groups excluding carboxylic acids is 1. The summed E-state index contributed by atoms with van der Waals surface area (Å²) in [6.45, 7) is -0.246. The van der Waals surface area contributed by atoms with Gasteiger partial charge in [-0.05, 0) is 60.4 Å². The lowest BCUT2D eigenvalue weighted by molar-refractivity contribution is -0.117. The average Bonchev–Trinajstić information content (AvgIpc) is 2.78. The first kappa shape index (κ1) is 24.4. The Labute approximate surface area is 190 Å². The van der Waals surface area contributed by atoms with Crippen molar-refractivity contribution in [1.82, 2.24) is 0 Å². The van der Waals surface area contributed by atoms with E-state index in [1.54, 1.807) is 12.1 Å². The number of nitrogens with two attached hydrogens (primary N) is 2.